The summed E-state index contributed by atoms with van der Waals surface area (Å²) in [5.74, 6) is 1.44. The number of nitrogens with zero attached hydrogens (tertiary/aromatic N) is 2. The van der Waals surface area contributed by atoms with Gasteiger partial charge in [-0.2, -0.15) is 4.98 Å². The number of benzene rings is 1. The van der Waals surface area contributed by atoms with Crippen molar-refractivity contribution in [3.63, 3.8) is 0 Å². The average Bonchev–Trinajstić information content (AvgIpc) is 2.86. The van der Waals surface area contributed by atoms with Gasteiger partial charge < -0.3 is 15.4 Å². The predicted molar refractivity (Wildman–Crippen MR) is 72.0 cm³/mol. The minimum absolute atomic E-state index is 0.207. The molecule has 0 spiro atoms. The van der Waals surface area contributed by atoms with Crippen LogP contribution in [0.3, 0.4) is 0 Å². The molecule has 0 saturated carbocycles. The van der Waals surface area contributed by atoms with Crippen LogP contribution in [0, 0.1) is 0 Å². The lowest BCUT2D eigenvalue weighted by Crippen LogP contribution is -2.14. The van der Waals surface area contributed by atoms with Crippen LogP contribution in [0.25, 0.3) is 0 Å². The summed E-state index contributed by atoms with van der Waals surface area (Å²) in [6, 6.07) is 7.37. The van der Waals surface area contributed by atoms with Crippen LogP contribution in [0.2, 0.25) is 0 Å². The van der Waals surface area contributed by atoms with Gasteiger partial charge in [0.05, 0.1) is 12.4 Å². The number of aliphatic hydroxyl groups excluding tert-OH is 1. The van der Waals surface area contributed by atoms with Crippen molar-refractivity contribution >= 4 is 27.7 Å². The highest BCUT2D eigenvalue weighted by Gasteiger charge is 2.13. The summed E-state index contributed by atoms with van der Waals surface area (Å²) in [4.78, 5) is 5.24. The fraction of sp³-hybridized carbons (Fsp3) is 0.273. The van der Waals surface area contributed by atoms with Crippen molar-refractivity contribution < 1.29 is 9.63 Å². The van der Waals surface area contributed by atoms with Crippen molar-refractivity contribution in [3.05, 3.63) is 40.5 Å². The van der Waals surface area contributed by atoms with Crippen LogP contribution in [0.15, 0.2) is 38.2 Å². The molecule has 0 aliphatic rings. The number of aliphatic hydroxyl groups is 1. The summed E-state index contributed by atoms with van der Waals surface area (Å²) in [6.07, 6.45) is 0. The summed E-state index contributed by atoms with van der Waals surface area (Å²) >= 11 is 4.99. The van der Waals surface area contributed by atoms with E-state index in [1.807, 2.05) is 24.3 Å². The average molecular weight is 330 g/mol. The van der Waals surface area contributed by atoms with E-state index in [4.69, 9.17) is 15.4 Å². The zero-order chi connectivity index (χ0) is 13.0. The van der Waals surface area contributed by atoms with E-state index >= 15 is 0 Å². The summed E-state index contributed by atoms with van der Waals surface area (Å²) in [7, 11) is 0. The second-order valence-corrected chi connectivity index (χ2v) is 5.54. The SMILES string of the molecule is N[C@@H](CO)c1nc(CSc2ccc(Br)cc2)no1. The molecule has 0 fully saturated rings. The quantitative estimate of drug-likeness (QED) is 0.817. The van der Waals surface area contributed by atoms with Gasteiger partial charge in [0.2, 0.25) is 5.89 Å². The van der Waals surface area contributed by atoms with Gasteiger partial charge in [0.15, 0.2) is 5.82 Å². The van der Waals surface area contributed by atoms with Crippen LogP contribution < -0.4 is 5.73 Å². The first-order valence-electron chi connectivity index (χ1n) is 5.26. The minimum atomic E-state index is -0.607. The maximum absolute atomic E-state index is 8.87. The molecule has 18 heavy (non-hydrogen) atoms. The Morgan fingerprint density at radius 1 is 1.39 bits per heavy atom. The summed E-state index contributed by atoms with van der Waals surface area (Å²) < 4.78 is 6.00. The van der Waals surface area contributed by atoms with Crippen molar-refractivity contribution in [1.29, 1.82) is 0 Å². The molecule has 3 N–H and O–H groups in total. The Balaban J connectivity index is 1.94. The molecule has 1 heterocycles. The number of hydrogen-bond acceptors (Lipinski definition) is 6. The molecule has 0 saturated heterocycles. The zero-order valence-electron chi connectivity index (χ0n) is 9.41. The van der Waals surface area contributed by atoms with Crippen molar-refractivity contribution in [2.75, 3.05) is 6.61 Å². The molecule has 0 radical (unpaired) electrons. The Bertz CT molecular complexity index is 503. The van der Waals surface area contributed by atoms with E-state index in [9.17, 15) is 0 Å². The maximum atomic E-state index is 8.87. The standard InChI is InChI=1S/C11H12BrN3O2S/c12-7-1-3-8(4-2-7)18-6-10-14-11(17-15-10)9(13)5-16/h1-4,9,16H,5-6,13H2/t9-/m0/s1. The molecule has 1 aromatic carbocycles. The molecule has 0 aliphatic carbocycles. The lowest BCUT2D eigenvalue weighted by atomic mass is 10.3. The van der Waals surface area contributed by atoms with Crippen LogP contribution in [0.1, 0.15) is 17.8 Å². The number of nitrogens with two attached hydrogens (primary N) is 1. The molecule has 1 atom stereocenters. The molecule has 7 heteroatoms. The van der Waals surface area contributed by atoms with Crippen LogP contribution >= 0.6 is 27.7 Å². The molecule has 2 rings (SSSR count). The maximum Gasteiger partial charge on any atom is 0.245 e. The Labute approximate surface area is 117 Å². The normalized spacial score (nSPS) is 12.6. The summed E-state index contributed by atoms with van der Waals surface area (Å²) in [5.41, 5.74) is 5.57. The second-order valence-electron chi connectivity index (χ2n) is 3.58. The van der Waals surface area contributed by atoms with E-state index < -0.39 is 6.04 Å². The highest BCUT2D eigenvalue weighted by molar-refractivity contribution is 9.10. The smallest absolute Gasteiger partial charge is 0.245 e. The third-order valence-electron chi connectivity index (χ3n) is 2.18. The fourth-order valence-electron chi connectivity index (χ4n) is 1.23. The molecule has 96 valence electrons. The summed E-state index contributed by atoms with van der Waals surface area (Å²) in [5, 5.41) is 12.7. The molecule has 0 amide bonds. The Hall–Kier alpha value is -0.890. The van der Waals surface area contributed by atoms with Crippen LogP contribution in [0.4, 0.5) is 0 Å². The first kappa shape index (κ1) is 13.5. The van der Waals surface area contributed by atoms with Gasteiger partial charge in [0.1, 0.15) is 6.04 Å². The van der Waals surface area contributed by atoms with Crippen LogP contribution in [-0.2, 0) is 5.75 Å². The van der Waals surface area contributed by atoms with Gasteiger partial charge in [-0.15, -0.1) is 11.8 Å². The Morgan fingerprint density at radius 2 is 2.11 bits per heavy atom. The number of aromatic nitrogens is 2. The van der Waals surface area contributed by atoms with Crippen LogP contribution in [0.5, 0.6) is 0 Å². The Kier molecular flexibility index (Phi) is 4.76. The molecule has 1 aromatic heterocycles. The third-order valence-corrected chi connectivity index (χ3v) is 3.72. The largest absolute Gasteiger partial charge is 0.394 e. The molecule has 5 nitrogen and oxygen atoms in total. The second kappa shape index (κ2) is 6.33. The van der Waals surface area contributed by atoms with E-state index in [1.165, 1.54) is 0 Å². The minimum Gasteiger partial charge on any atom is -0.394 e. The Morgan fingerprint density at radius 3 is 2.78 bits per heavy atom. The fourth-order valence-corrected chi connectivity index (χ4v) is 2.24. The van der Waals surface area contributed by atoms with Crippen LogP contribution in [-0.4, -0.2) is 21.9 Å². The third kappa shape index (κ3) is 3.55. The first-order valence-corrected chi connectivity index (χ1v) is 7.04. The first-order chi connectivity index (χ1) is 8.69. The highest BCUT2D eigenvalue weighted by atomic mass is 79.9. The number of rotatable bonds is 5. The van der Waals surface area contributed by atoms with E-state index in [1.54, 1.807) is 11.8 Å². The zero-order valence-corrected chi connectivity index (χ0v) is 11.8. The predicted octanol–water partition coefficient (Wildman–Crippen LogP) is 2.12. The number of hydrogen-bond donors (Lipinski definition) is 2. The van der Waals surface area contributed by atoms with Gasteiger partial charge in [0, 0.05) is 9.37 Å². The van der Waals surface area contributed by atoms with Gasteiger partial charge in [-0.3, -0.25) is 0 Å². The molecular weight excluding hydrogens is 318 g/mol. The van der Waals surface area contributed by atoms with Crippen molar-refractivity contribution in [2.24, 2.45) is 5.73 Å². The molecule has 2 aromatic rings. The van der Waals surface area contributed by atoms with Gasteiger partial charge in [0.25, 0.3) is 0 Å². The van der Waals surface area contributed by atoms with E-state index in [0.717, 1.165) is 9.37 Å². The topological polar surface area (TPSA) is 85.2 Å². The molecular formula is C11H12BrN3O2S. The van der Waals surface area contributed by atoms with E-state index in [-0.39, 0.29) is 12.5 Å². The van der Waals surface area contributed by atoms with E-state index in [0.29, 0.717) is 11.6 Å². The lowest BCUT2D eigenvalue weighted by molar-refractivity contribution is 0.236. The monoisotopic (exact) mass is 329 g/mol. The highest BCUT2D eigenvalue weighted by Crippen LogP contribution is 2.23. The van der Waals surface area contributed by atoms with Gasteiger partial charge in [-0.05, 0) is 24.3 Å². The summed E-state index contributed by atoms with van der Waals surface area (Å²) in [6.45, 7) is -0.207. The number of thioether (sulfide) groups is 1. The van der Waals surface area contributed by atoms with Crippen molar-refractivity contribution in [1.82, 2.24) is 10.1 Å². The van der Waals surface area contributed by atoms with Crippen molar-refractivity contribution in [3.8, 4) is 0 Å². The number of halogens is 1. The van der Waals surface area contributed by atoms with Gasteiger partial charge >= 0.3 is 0 Å². The lowest BCUT2D eigenvalue weighted by Gasteiger charge is -1.99. The van der Waals surface area contributed by atoms with Gasteiger partial charge in [-0.25, -0.2) is 0 Å². The van der Waals surface area contributed by atoms with E-state index in [2.05, 4.69) is 26.1 Å². The van der Waals surface area contributed by atoms with Crippen molar-refractivity contribution in [2.45, 2.75) is 16.7 Å². The molecule has 0 aliphatic heterocycles. The van der Waals surface area contributed by atoms with Gasteiger partial charge in [-0.1, -0.05) is 21.1 Å². The molecule has 0 unspecified atom stereocenters. The molecule has 0 bridgehead atoms.